The first-order valence-electron chi connectivity index (χ1n) is 7.21. The molecule has 0 amide bonds. The molecular formula is C17H26N2O. The van der Waals surface area contributed by atoms with Gasteiger partial charge in [-0.1, -0.05) is 30.9 Å². The van der Waals surface area contributed by atoms with Crippen molar-refractivity contribution >= 4 is 0 Å². The van der Waals surface area contributed by atoms with Crippen LogP contribution in [0.25, 0.3) is 0 Å². The van der Waals surface area contributed by atoms with Gasteiger partial charge < -0.3 is 10.0 Å². The average molecular weight is 274 g/mol. The molecule has 20 heavy (non-hydrogen) atoms. The molecule has 3 heteroatoms. The van der Waals surface area contributed by atoms with Crippen LogP contribution in [0.5, 0.6) is 0 Å². The number of hydrogen-bond donors (Lipinski definition) is 1. The highest BCUT2D eigenvalue weighted by molar-refractivity contribution is 5.36. The summed E-state index contributed by atoms with van der Waals surface area (Å²) in [7, 11) is 4.23. The lowest BCUT2D eigenvalue weighted by molar-refractivity contribution is 0.259. The van der Waals surface area contributed by atoms with Crippen LogP contribution < -0.4 is 0 Å². The van der Waals surface area contributed by atoms with Gasteiger partial charge in [-0.25, -0.2) is 0 Å². The van der Waals surface area contributed by atoms with E-state index in [9.17, 15) is 0 Å². The van der Waals surface area contributed by atoms with Crippen LogP contribution in [0.3, 0.4) is 0 Å². The smallest absolute Gasteiger partial charge is 0.104 e. The molecule has 1 aromatic rings. The topological polar surface area (TPSA) is 26.7 Å². The van der Waals surface area contributed by atoms with Crippen LogP contribution in [0.1, 0.15) is 24.5 Å². The maximum absolute atomic E-state index is 8.67. The second-order valence-electron chi connectivity index (χ2n) is 5.18. The van der Waals surface area contributed by atoms with Crippen LogP contribution in [0.15, 0.2) is 24.3 Å². The zero-order valence-electron chi connectivity index (χ0n) is 12.9. The summed E-state index contributed by atoms with van der Waals surface area (Å²) in [5, 5.41) is 8.67. The van der Waals surface area contributed by atoms with E-state index in [0.29, 0.717) is 0 Å². The van der Waals surface area contributed by atoms with E-state index < -0.39 is 0 Å². The number of rotatable bonds is 7. The fraction of sp³-hybridized carbons (Fsp3) is 0.529. The molecule has 1 aromatic carbocycles. The molecule has 0 aliphatic carbocycles. The summed E-state index contributed by atoms with van der Waals surface area (Å²) >= 11 is 0. The van der Waals surface area contributed by atoms with Crippen LogP contribution in [0.2, 0.25) is 0 Å². The Labute approximate surface area is 123 Å². The van der Waals surface area contributed by atoms with E-state index >= 15 is 0 Å². The van der Waals surface area contributed by atoms with E-state index in [1.54, 1.807) is 0 Å². The summed E-state index contributed by atoms with van der Waals surface area (Å²) in [6, 6.07) is 8.28. The van der Waals surface area contributed by atoms with E-state index in [1.807, 2.05) is 12.1 Å². The summed E-state index contributed by atoms with van der Waals surface area (Å²) < 4.78 is 0. The van der Waals surface area contributed by atoms with Gasteiger partial charge in [0.1, 0.15) is 6.61 Å². The summed E-state index contributed by atoms with van der Waals surface area (Å²) in [5.41, 5.74) is 2.27. The molecule has 0 radical (unpaired) electrons. The van der Waals surface area contributed by atoms with Gasteiger partial charge in [0, 0.05) is 12.1 Å². The summed E-state index contributed by atoms with van der Waals surface area (Å²) in [6.45, 7) is 6.43. The molecule has 110 valence electrons. The first-order valence-corrected chi connectivity index (χ1v) is 7.21. The van der Waals surface area contributed by atoms with Gasteiger partial charge >= 0.3 is 0 Å². The Balaban J connectivity index is 2.48. The highest BCUT2D eigenvalue weighted by Crippen LogP contribution is 2.07. The van der Waals surface area contributed by atoms with Gasteiger partial charge in [0.2, 0.25) is 0 Å². The maximum Gasteiger partial charge on any atom is 0.104 e. The van der Waals surface area contributed by atoms with Crippen molar-refractivity contribution in [2.24, 2.45) is 0 Å². The number of hydrogen-bond acceptors (Lipinski definition) is 3. The fourth-order valence-corrected chi connectivity index (χ4v) is 2.05. The molecule has 0 aromatic heterocycles. The summed E-state index contributed by atoms with van der Waals surface area (Å²) in [4.78, 5) is 4.68. The van der Waals surface area contributed by atoms with E-state index in [0.717, 1.165) is 31.7 Å². The van der Waals surface area contributed by atoms with Gasteiger partial charge in [-0.3, -0.25) is 4.90 Å². The van der Waals surface area contributed by atoms with Gasteiger partial charge in [-0.15, -0.1) is 0 Å². The Morgan fingerprint density at radius 3 is 2.35 bits per heavy atom. The molecule has 0 heterocycles. The molecule has 0 saturated carbocycles. The fourth-order valence-electron chi connectivity index (χ4n) is 2.05. The van der Waals surface area contributed by atoms with Crippen molar-refractivity contribution in [3.8, 4) is 11.8 Å². The Morgan fingerprint density at radius 2 is 1.80 bits per heavy atom. The van der Waals surface area contributed by atoms with Crippen LogP contribution in [-0.2, 0) is 6.54 Å². The first kappa shape index (κ1) is 16.7. The molecule has 1 N–H and O–H groups in total. The number of nitrogens with zero attached hydrogens (tertiary/aromatic N) is 2. The van der Waals surface area contributed by atoms with Crippen molar-refractivity contribution in [2.45, 2.75) is 19.9 Å². The van der Waals surface area contributed by atoms with Crippen molar-refractivity contribution < 1.29 is 5.11 Å². The molecule has 3 nitrogen and oxygen atoms in total. The molecule has 0 fully saturated rings. The Hall–Kier alpha value is -1.34. The van der Waals surface area contributed by atoms with Crippen LogP contribution >= 0.6 is 0 Å². The van der Waals surface area contributed by atoms with Crippen molar-refractivity contribution in [3.63, 3.8) is 0 Å². The third kappa shape index (κ3) is 6.72. The monoisotopic (exact) mass is 274 g/mol. The highest BCUT2D eigenvalue weighted by atomic mass is 16.2. The van der Waals surface area contributed by atoms with Gasteiger partial charge in [0.25, 0.3) is 0 Å². The van der Waals surface area contributed by atoms with Crippen molar-refractivity contribution in [1.29, 1.82) is 0 Å². The molecule has 1 rings (SSSR count). The van der Waals surface area contributed by atoms with Crippen molar-refractivity contribution in [1.82, 2.24) is 9.80 Å². The zero-order chi connectivity index (χ0) is 14.8. The zero-order valence-corrected chi connectivity index (χ0v) is 12.9. The number of aliphatic hydroxyl groups is 1. The molecule has 0 saturated heterocycles. The van der Waals surface area contributed by atoms with E-state index in [1.165, 1.54) is 12.0 Å². The normalized spacial score (nSPS) is 10.7. The Morgan fingerprint density at radius 1 is 1.10 bits per heavy atom. The largest absolute Gasteiger partial charge is 0.384 e. The van der Waals surface area contributed by atoms with E-state index in [-0.39, 0.29) is 6.61 Å². The standard InChI is InChI=1S/C17H26N2O/c1-4-19(13-6-12-18(2)3)15-17-10-8-16(9-11-17)7-5-14-20/h8-11,20H,4,6,12-15H2,1-3H3. The van der Waals surface area contributed by atoms with Crippen molar-refractivity contribution in [2.75, 3.05) is 40.3 Å². The van der Waals surface area contributed by atoms with Gasteiger partial charge in [0.15, 0.2) is 0 Å². The van der Waals surface area contributed by atoms with Crippen LogP contribution in [0.4, 0.5) is 0 Å². The van der Waals surface area contributed by atoms with Crippen LogP contribution in [0, 0.1) is 11.8 Å². The molecule has 0 spiro atoms. The molecular weight excluding hydrogens is 248 g/mol. The second kappa shape index (κ2) is 9.55. The number of aliphatic hydroxyl groups excluding tert-OH is 1. The second-order valence-corrected chi connectivity index (χ2v) is 5.18. The average Bonchev–Trinajstić information content (AvgIpc) is 2.45. The molecule has 0 atom stereocenters. The third-order valence-corrected chi connectivity index (χ3v) is 3.20. The maximum atomic E-state index is 8.67. The van der Waals surface area contributed by atoms with Gasteiger partial charge in [-0.2, -0.15) is 0 Å². The highest BCUT2D eigenvalue weighted by Gasteiger charge is 2.04. The minimum atomic E-state index is -0.0861. The Kier molecular flexibility index (Phi) is 7.98. The van der Waals surface area contributed by atoms with E-state index in [4.69, 9.17) is 5.11 Å². The summed E-state index contributed by atoms with van der Waals surface area (Å²) in [5.74, 6) is 5.58. The third-order valence-electron chi connectivity index (χ3n) is 3.20. The lowest BCUT2D eigenvalue weighted by atomic mass is 10.1. The van der Waals surface area contributed by atoms with Crippen LogP contribution in [-0.4, -0.2) is 55.2 Å². The first-order chi connectivity index (χ1) is 9.65. The van der Waals surface area contributed by atoms with Gasteiger partial charge in [0.05, 0.1) is 0 Å². The van der Waals surface area contributed by atoms with E-state index in [2.05, 4.69) is 54.8 Å². The minimum Gasteiger partial charge on any atom is -0.384 e. The molecule has 0 bridgehead atoms. The quantitative estimate of drug-likeness (QED) is 0.768. The molecule has 0 aliphatic rings. The minimum absolute atomic E-state index is 0.0861. The van der Waals surface area contributed by atoms with Crippen molar-refractivity contribution in [3.05, 3.63) is 35.4 Å². The molecule has 0 unspecified atom stereocenters. The predicted molar refractivity (Wildman–Crippen MR) is 84.5 cm³/mol. The number of benzene rings is 1. The lowest BCUT2D eigenvalue weighted by Gasteiger charge is -2.21. The summed E-state index contributed by atoms with van der Waals surface area (Å²) in [6.07, 6.45) is 1.20. The molecule has 0 aliphatic heterocycles. The van der Waals surface area contributed by atoms with Gasteiger partial charge in [-0.05, 0) is 57.8 Å². The Bertz CT molecular complexity index is 429. The lowest BCUT2D eigenvalue weighted by Crippen LogP contribution is -2.26. The SMILES string of the molecule is CCN(CCCN(C)C)Cc1ccc(C#CCO)cc1. The predicted octanol–water partition coefficient (Wildman–Crippen LogP) is 1.80.